The van der Waals surface area contributed by atoms with Crippen LogP contribution in [0.3, 0.4) is 0 Å². The van der Waals surface area contributed by atoms with E-state index in [1.165, 1.54) is 6.20 Å². The molecule has 0 unspecified atom stereocenters. The first-order chi connectivity index (χ1) is 8.99. The van der Waals surface area contributed by atoms with Crippen molar-refractivity contribution in [2.45, 2.75) is 20.4 Å². The zero-order valence-electron chi connectivity index (χ0n) is 10.3. The summed E-state index contributed by atoms with van der Waals surface area (Å²) in [6.45, 7) is 3.90. The number of halogens is 1. The molecule has 0 aliphatic rings. The second-order valence-electron chi connectivity index (χ2n) is 3.97. The van der Waals surface area contributed by atoms with Crippen molar-refractivity contribution in [3.8, 4) is 0 Å². The Kier molecular flexibility index (Phi) is 3.79. The number of aryl methyl sites for hydroxylation is 1. The van der Waals surface area contributed by atoms with E-state index in [2.05, 4.69) is 31.4 Å². The average Bonchev–Trinajstić information content (AvgIpc) is 2.76. The van der Waals surface area contributed by atoms with E-state index < -0.39 is 4.92 Å². The summed E-state index contributed by atoms with van der Waals surface area (Å²) in [4.78, 5) is 14.3. The molecule has 7 nitrogen and oxygen atoms in total. The van der Waals surface area contributed by atoms with E-state index in [4.69, 9.17) is 4.52 Å². The maximum Gasteiger partial charge on any atom is 0.291 e. The molecule has 2 heterocycles. The van der Waals surface area contributed by atoms with Crippen molar-refractivity contribution in [2.75, 3.05) is 5.32 Å². The Balaban J connectivity index is 2.17. The van der Waals surface area contributed by atoms with Crippen LogP contribution in [0.4, 0.5) is 11.5 Å². The molecule has 8 heteroatoms. The maximum absolute atomic E-state index is 10.8. The van der Waals surface area contributed by atoms with Crippen LogP contribution in [-0.4, -0.2) is 15.1 Å². The first-order valence-corrected chi connectivity index (χ1v) is 6.24. The van der Waals surface area contributed by atoms with Gasteiger partial charge in [-0.2, -0.15) is 0 Å². The number of hydrogen-bond donors (Lipinski definition) is 1. The van der Waals surface area contributed by atoms with Crippen LogP contribution in [0.15, 0.2) is 21.3 Å². The van der Waals surface area contributed by atoms with Crippen LogP contribution in [0.5, 0.6) is 0 Å². The van der Waals surface area contributed by atoms with Gasteiger partial charge >= 0.3 is 0 Å². The predicted molar refractivity (Wildman–Crippen MR) is 71.9 cm³/mol. The minimum Gasteiger partial charge on any atom is -0.363 e. The summed E-state index contributed by atoms with van der Waals surface area (Å²) in [5.41, 5.74) is 1.25. The minimum atomic E-state index is -0.460. The second-order valence-corrected chi connectivity index (χ2v) is 4.76. The number of pyridine rings is 1. The molecular weight excluding hydrogens is 316 g/mol. The van der Waals surface area contributed by atoms with Gasteiger partial charge in [0, 0.05) is 11.6 Å². The normalized spacial score (nSPS) is 10.5. The Morgan fingerprint density at radius 1 is 1.53 bits per heavy atom. The number of rotatable bonds is 4. The van der Waals surface area contributed by atoms with Crippen LogP contribution in [-0.2, 0) is 6.54 Å². The smallest absolute Gasteiger partial charge is 0.291 e. The first-order valence-electron chi connectivity index (χ1n) is 5.44. The molecule has 2 aromatic rings. The van der Waals surface area contributed by atoms with Crippen LogP contribution in [0.25, 0.3) is 0 Å². The van der Waals surface area contributed by atoms with Gasteiger partial charge in [0.1, 0.15) is 23.5 Å². The molecule has 0 fully saturated rings. The summed E-state index contributed by atoms with van der Waals surface area (Å²) in [5.74, 6) is 1.26. The number of anilines is 1. The maximum atomic E-state index is 10.8. The van der Waals surface area contributed by atoms with Crippen LogP contribution < -0.4 is 5.32 Å². The summed E-state index contributed by atoms with van der Waals surface area (Å²) in [7, 11) is 0. The Labute approximate surface area is 117 Å². The highest BCUT2D eigenvalue weighted by Gasteiger charge is 2.17. The highest BCUT2D eigenvalue weighted by atomic mass is 79.9. The summed E-state index contributed by atoms with van der Waals surface area (Å²) >= 11 is 3.30. The fourth-order valence-corrected chi connectivity index (χ4v) is 2.00. The zero-order valence-corrected chi connectivity index (χ0v) is 11.9. The quantitative estimate of drug-likeness (QED) is 0.685. The number of nitrogens with zero attached hydrogens (tertiary/aromatic N) is 3. The Morgan fingerprint density at radius 3 is 2.84 bits per heavy atom. The molecule has 2 rings (SSSR count). The molecule has 2 aromatic heterocycles. The lowest BCUT2D eigenvalue weighted by molar-refractivity contribution is -0.385. The highest BCUT2D eigenvalue weighted by molar-refractivity contribution is 9.10. The van der Waals surface area contributed by atoms with Gasteiger partial charge in [-0.1, -0.05) is 5.16 Å². The van der Waals surface area contributed by atoms with Crippen molar-refractivity contribution < 1.29 is 9.45 Å². The van der Waals surface area contributed by atoms with Crippen molar-refractivity contribution in [2.24, 2.45) is 0 Å². The van der Waals surface area contributed by atoms with Gasteiger partial charge in [-0.25, -0.2) is 4.98 Å². The van der Waals surface area contributed by atoms with Crippen molar-refractivity contribution in [3.63, 3.8) is 0 Å². The van der Waals surface area contributed by atoms with Crippen LogP contribution >= 0.6 is 15.9 Å². The van der Waals surface area contributed by atoms with E-state index in [1.807, 2.05) is 0 Å². The van der Waals surface area contributed by atoms with Gasteiger partial charge in [-0.3, -0.25) is 10.1 Å². The van der Waals surface area contributed by atoms with Gasteiger partial charge in [0.25, 0.3) is 5.69 Å². The van der Waals surface area contributed by atoms with E-state index in [0.717, 1.165) is 11.5 Å². The van der Waals surface area contributed by atoms with Gasteiger partial charge in [0.15, 0.2) is 0 Å². The minimum absolute atomic E-state index is 0.0188. The van der Waals surface area contributed by atoms with Crippen molar-refractivity contribution in [3.05, 3.63) is 43.9 Å². The molecule has 19 heavy (non-hydrogen) atoms. The van der Waals surface area contributed by atoms with Gasteiger partial charge in [0.05, 0.1) is 15.9 Å². The predicted octanol–water partition coefficient (Wildman–Crippen LogP) is 2.97. The van der Waals surface area contributed by atoms with Crippen molar-refractivity contribution in [1.82, 2.24) is 10.1 Å². The average molecular weight is 327 g/mol. The van der Waals surface area contributed by atoms with Gasteiger partial charge in [0.2, 0.25) is 0 Å². The molecule has 0 aromatic carbocycles. The zero-order chi connectivity index (χ0) is 14.0. The lowest BCUT2D eigenvalue weighted by Gasteiger charge is -2.07. The molecule has 0 bridgehead atoms. The molecule has 0 saturated carbocycles. The lowest BCUT2D eigenvalue weighted by Crippen LogP contribution is -2.04. The van der Waals surface area contributed by atoms with Crippen LogP contribution in [0.1, 0.15) is 17.0 Å². The van der Waals surface area contributed by atoms with Crippen LogP contribution in [0.2, 0.25) is 0 Å². The molecule has 0 aliphatic heterocycles. The molecule has 0 radical (unpaired) electrons. The highest BCUT2D eigenvalue weighted by Crippen LogP contribution is 2.30. The SMILES string of the molecule is Cc1cc(CNc2ncc([N+](=O)[O-])c(C)c2Br)no1. The molecule has 0 amide bonds. The van der Waals surface area contributed by atoms with Crippen molar-refractivity contribution >= 4 is 27.4 Å². The Morgan fingerprint density at radius 2 is 2.26 bits per heavy atom. The molecule has 0 saturated heterocycles. The van der Waals surface area contributed by atoms with Gasteiger partial charge in [-0.15, -0.1) is 0 Å². The third kappa shape index (κ3) is 2.90. The standard InChI is InChI=1S/C11H11BrN4O3/c1-6-3-8(15-19-6)4-13-11-10(12)7(2)9(5-14-11)16(17)18/h3,5H,4H2,1-2H3,(H,13,14). The second kappa shape index (κ2) is 5.35. The van der Waals surface area contributed by atoms with E-state index in [0.29, 0.717) is 22.4 Å². The third-order valence-electron chi connectivity index (χ3n) is 2.55. The first kappa shape index (κ1) is 13.5. The van der Waals surface area contributed by atoms with Gasteiger partial charge in [-0.05, 0) is 29.8 Å². The molecule has 0 spiro atoms. The topological polar surface area (TPSA) is 94.1 Å². The number of nitrogens with one attached hydrogen (secondary N) is 1. The molecule has 100 valence electrons. The summed E-state index contributed by atoms with van der Waals surface area (Å²) in [6, 6.07) is 1.80. The summed E-state index contributed by atoms with van der Waals surface area (Å²) in [6.07, 6.45) is 1.23. The summed E-state index contributed by atoms with van der Waals surface area (Å²) in [5, 5.41) is 17.7. The number of hydrogen-bond acceptors (Lipinski definition) is 6. The van der Waals surface area contributed by atoms with E-state index in [9.17, 15) is 10.1 Å². The molecule has 0 aliphatic carbocycles. The fraction of sp³-hybridized carbons (Fsp3) is 0.273. The lowest BCUT2D eigenvalue weighted by atomic mass is 10.2. The Hall–Kier alpha value is -1.96. The van der Waals surface area contributed by atoms with Gasteiger partial charge < -0.3 is 9.84 Å². The van der Waals surface area contributed by atoms with E-state index >= 15 is 0 Å². The van der Waals surface area contributed by atoms with Crippen molar-refractivity contribution in [1.29, 1.82) is 0 Å². The third-order valence-corrected chi connectivity index (χ3v) is 3.52. The molecule has 0 atom stereocenters. The largest absolute Gasteiger partial charge is 0.363 e. The molecular formula is C11H11BrN4O3. The van der Waals surface area contributed by atoms with Crippen LogP contribution in [0, 0.1) is 24.0 Å². The van der Waals surface area contributed by atoms with E-state index in [1.54, 1.807) is 19.9 Å². The Bertz CT molecular complexity index is 626. The fourth-order valence-electron chi connectivity index (χ4n) is 1.55. The number of nitro groups is 1. The molecule has 1 N–H and O–H groups in total. The number of aromatic nitrogens is 2. The monoisotopic (exact) mass is 326 g/mol. The van der Waals surface area contributed by atoms with E-state index in [-0.39, 0.29) is 5.69 Å². The summed E-state index contributed by atoms with van der Waals surface area (Å²) < 4.78 is 5.52.